The second-order valence-corrected chi connectivity index (χ2v) is 4.94. The first kappa shape index (κ1) is 15.1. The van der Waals surface area contributed by atoms with E-state index < -0.39 is 0 Å². The van der Waals surface area contributed by atoms with Crippen LogP contribution in [-0.4, -0.2) is 11.6 Å². The summed E-state index contributed by atoms with van der Waals surface area (Å²) in [5.41, 5.74) is 4.26. The van der Waals surface area contributed by atoms with Gasteiger partial charge in [0.15, 0.2) is 0 Å². The van der Waals surface area contributed by atoms with Crippen LogP contribution in [0.1, 0.15) is 24.1 Å². The summed E-state index contributed by atoms with van der Waals surface area (Å²) in [6, 6.07) is 6.83. The summed E-state index contributed by atoms with van der Waals surface area (Å²) in [5, 5.41) is 1.09. The third-order valence-electron chi connectivity index (χ3n) is 2.83. The van der Waals surface area contributed by atoms with Gasteiger partial charge in [-0.25, -0.2) is 5.43 Å². The molecule has 1 aromatic heterocycles. The lowest BCUT2D eigenvalue weighted by atomic mass is 10.0. The van der Waals surface area contributed by atoms with Gasteiger partial charge in [0.2, 0.25) is 0 Å². The standard InChI is InChI=1S/C14H15Cl2N3O/c1-2-20-10-6-9(7-18-8-10)14(19-17)13-11(15)4-3-5-12(13)16/h3-8,14,19H,2,17H2,1H3. The quantitative estimate of drug-likeness (QED) is 0.657. The van der Waals surface area contributed by atoms with Gasteiger partial charge in [-0.15, -0.1) is 0 Å². The Hall–Kier alpha value is -1.33. The predicted molar refractivity (Wildman–Crippen MR) is 81.0 cm³/mol. The van der Waals surface area contributed by atoms with Crippen LogP contribution >= 0.6 is 23.2 Å². The van der Waals surface area contributed by atoms with Crippen molar-refractivity contribution in [2.75, 3.05) is 6.61 Å². The monoisotopic (exact) mass is 311 g/mol. The van der Waals surface area contributed by atoms with Crippen LogP contribution in [0.3, 0.4) is 0 Å². The van der Waals surface area contributed by atoms with Gasteiger partial charge in [0, 0.05) is 21.8 Å². The summed E-state index contributed by atoms with van der Waals surface area (Å²) >= 11 is 12.4. The molecule has 4 nitrogen and oxygen atoms in total. The molecule has 1 unspecified atom stereocenters. The smallest absolute Gasteiger partial charge is 0.137 e. The van der Waals surface area contributed by atoms with Crippen molar-refractivity contribution in [1.82, 2.24) is 10.4 Å². The van der Waals surface area contributed by atoms with Gasteiger partial charge in [0.05, 0.1) is 18.8 Å². The van der Waals surface area contributed by atoms with Crippen LogP contribution in [0.2, 0.25) is 10.0 Å². The third-order valence-corrected chi connectivity index (χ3v) is 3.49. The Labute approximate surface area is 127 Å². The van der Waals surface area contributed by atoms with Gasteiger partial charge in [0.1, 0.15) is 5.75 Å². The zero-order valence-corrected chi connectivity index (χ0v) is 12.4. The van der Waals surface area contributed by atoms with Crippen molar-refractivity contribution in [2.24, 2.45) is 5.84 Å². The number of hydrazine groups is 1. The Morgan fingerprint density at radius 2 is 2.00 bits per heavy atom. The molecule has 0 saturated heterocycles. The van der Waals surface area contributed by atoms with E-state index in [9.17, 15) is 0 Å². The van der Waals surface area contributed by atoms with Gasteiger partial charge >= 0.3 is 0 Å². The Morgan fingerprint density at radius 3 is 2.60 bits per heavy atom. The van der Waals surface area contributed by atoms with Crippen molar-refractivity contribution in [3.8, 4) is 5.75 Å². The molecule has 0 spiro atoms. The summed E-state index contributed by atoms with van der Waals surface area (Å²) in [7, 11) is 0. The Kier molecular flexibility index (Phi) is 5.20. The second kappa shape index (κ2) is 6.90. The SMILES string of the molecule is CCOc1cncc(C(NN)c2c(Cl)cccc2Cl)c1. The van der Waals surface area contributed by atoms with Crippen molar-refractivity contribution >= 4 is 23.2 Å². The molecule has 1 atom stereocenters. The zero-order chi connectivity index (χ0) is 14.5. The van der Waals surface area contributed by atoms with Gasteiger partial charge < -0.3 is 4.74 Å². The van der Waals surface area contributed by atoms with Gasteiger partial charge in [-0.2, -0.15) is 0 Å². The predicted octanol–water partition coefficient (Wildman–Crippen LogP) is 3.34. The van der Waals surface area contributed by atoms with Crippen LogP contribution < -0.4 is 16.0 Å². The second-order valence-electron chi connectivity index (χ2n) is 4.12. The molecule has 0 fully saturated rings. The van der Waals surface area contributed by atoms with Crippen LogP contribution in [0.25, 0.3) is 0 Å². The summed E-state index contributed by atoms with van der Waals surface area (Å²) in [4.78, 5) is 4.15. The van der Waals surface area contributed by atoms with Gasteiger partial charge in [0.25, 0.3) is 0 Å². The number of hydrogen-bond donors (Lipinski definition) is 2. The van der Waals surface area contributed by atoms with Crippen molar-refractivity contribution in [3.05, 3.63) is 57.8 Å². The average Bonchev–Trinajstić information content (AvgIpc) is 2.44. The number of aromatic nitrogens is 1. The number of nitrogens with one attached hydrogen (secondary N) is 1. The lowest BCUT2D eigenvalue weighted by Crippen LogP contribution is -2.29. The van der Waals surface area contributed by atoms with E-state index in [0.29, 0.717) is 28.0 Å². The normalized spacial score (nSPS) is 12.2. The van der Waals surface area contributed by atoms with Gasteiger partial charge in [-0.1, -0.05) is 29.3 Å². The van der Waals surface area contributed by atoms with Gasteiger partial charge in [-0.05, 0) is 30.7 Å². The molecule has 2 aromatic rings. The fraction of sp³-hybridized carbons (Fsp3) is 0.214. The van der Waals surface area contributed by atoms with Crippen LogP contribution in [0.15, 0.2) is 36.7 Å². The van der Waals surface area contributed by atoms with E-state index >= 15 is 0 Å². The van der Waals surface area contributed by atoms with Crippen LogP contribution in [-0.2, 0) is 0 Å². The number of nitrogens with two attached hydrogens (primary N) is 1. The van der Waals surface area contributed by atoms with Crippen LogP contribution in [0, 0.1) is 0 Å². The zero-order valence-electron chi connectivity index (χ0n) is 10.9. The van der Waals surface area contributed by atoms with Gasteiger partial charge in [-0.3, -0.25) is 10.8 Å². The molecule has 3 N–H and O–H groups in total. The number of nitrogens with zero attached hydrogens (tertiary/aromatic N) is 1. The molecule has 0 aliphatic carbocycles. The van der Waals surface area contributed by atoms with Crippen molar-refractivity contribution in [1.29, 1.82) is 0 Å². The Bertz CT molecular complexity index is 572. The highest BCUT2D eigenvalue weighted by Crippen LogP contribution is 2.34. The molecule has 1 heterocycles. The van der Waals surface area contributed by atoms with Crippen molar-refractivity contribution in [3.63, 3.8) is 0 Å². The maximum Gasteiger partial charge on any atom is 0.137 e. The average molecular weight is 312 g/mol. The van der Waals surface area contributed by atoms with E-state index in [1.54, 1.807) is 30.6 Å². The fourth-order valence-corrected chi connectivity index (χ4v) is 2.59. The molecule has 0 aliphatic heterocycles. The number of benzene rings is 1. The molecular formula is C14H15Cl2N3O. The molecule has 1 aromatic carbocycles. The number of halogens is 2. The van der Waals surface area contributed by atoms with E-state index in [1.807, 2.05) is 13.0 Å². The third kappa shape index (κ3) is 3.22. The summed E-state index contributed by atoms with van der Waals surface area (Å²) in [6.45, 7) is 2.48. The molecule has 20 heavy (non-hydrogen) atoms. The molecule has 0 bridgehead atoms. The molecule has 0 amide bonds. The molecule has 2 rings (SSSR count). The minimum Gasteiger partial charge on any atom is -0.492 e. The molecule has 0 aliphatic rings. The number of ether oxygens (including phenoxy) is 1. The van der Waals surface area contributed by atoms with E-state index in [1.165, 1.54) is 0 Å². The van der Waals surface area contributed by atoms with E-state index in [4.69, 9.17) is 33.8 Å². The van der Waals surface area contributed by atoms with Crippen molar-refractivity contribution in [2.45, 2.75) is 13.0 Å². The lowest BCUT2D eigenvalue weighted by Gasteiger charge is -2.19. The molecule has 0 saturated carbocycles. The largest absolute Gasteiger partial charge is 0.492 e. The number of hydrogen-bond acceptors (Lipinski definition) is 4. The van der Waals surface area contributed by atoms with Crippen molar-refractivity contribution < 1.29 is 4.74 Å². The molecule has 106 valence electrons. The first-order valence-corrected chi connectivity index (χ1v) is 6.90. The highest BCUT2D eigenvalue weighted by molar-refractivity contribution is 6.36. The topological polar surface area (TPSA) is 60.2 Å². The van der Waals surface area contributed by atoms with Crippen LogP contribution in [0.5, 0.6) is 5.75 Å². The fourth-order valence-electron chi connectivity index (χ4n) is 1.97. The minimum absolute atomic E-state index is 0.357. The van der Waals surface area contributed by atoms with E-state index in [-0.39, 0.29) is 6.04 Å². The molecule has 0 radical (unpaired) electrons. The summed E-state index contributed by atoms with van der Waals surface area (Å²) in [5.74, 6) is 6.34. The lowest BCUT2D eigenvalue weighted by molar-refractivity contribution is 0.338. The Morgan fingerprint density at radius 1 is 1.30 bits per heavy atom. The first-order chi connectivity index (χ1) is 9.67. The van der Waals surface area contributed by atoms with E-state index in [2.05, 4.69) is 10.4 Å². The number of rotatable bonds is 5. The minimum atomic E-state index is -0.357. The summed E-state index contributed by atoms with van der Waals surface area (Å²) < 4.78 is 5.44. The summed E-state index contributed by atoms with van der Waals surface area (Å²) in [6.07, 6.45) is 3.35. The molecule has 6 heteroatoms. The van der Waals surface area contributed by atoms with E-state index in [0.717, 1.165) is 5.56 Å². The maximum absolute atomic E-state index is 6.22. The Balaban J connectivity index is 2.44. The first-order valence-electron chi connectivity index (χ1n) is 6.15. The van der Waals surface area contributed by atoms with Crippen LogP contribution in [0.4, 0.5) is 0 Å². The highest BCUT2D eigenvalue weighted by Gasteiger charge is 2.19. The maximum atomic E-state index is 6.22. The number of pyridine rings is 1. The highest BCUT2D eigenvalue weighted by atomic mass is 35.5. The molecular weight excluding hydrogens is 297 g/mol.